The molecule has 0 saturated carbocycles. The van der Waals surface area contributed by atoms with Gasteiger partial charge in [-0.3, -0.25) is 4.79 Å². The van der Waals surface area contributed by atoms with Crippen molar-refractivity contribution in [1.29, 1.82) is 0 Å². The highest BCUT2D eigenvalue weighted by molar-refractivity contribution is 7.88. The molecule has 1 atom stereocenters. The van der Waals surface area contributed by atoms with Crippen LogP contribution in [0.4, 0.5) is 0 Å². The summed E-state index contributed by atoms with van der Waals surface area (Å²) in [6, 6.07) is 10.3. The Labute approximate surface area is 166 Å². The first-order chi connectivity index (χ1) is 12.8. The molecule has 6 heteroatoms. The van der Waals surface area contributed by atoms with Crippen LogP contribution in [0, 0.1) is 5.92 Å². The topological polar surface area (TPSA) is 57.7 Å². The van der Waals surface area contributed by atoms with Gasteiger partial charge in [-0.15, -0.1) is 0 Å². The first-order valence-electron chi connectivity index (χ1n) is 10.0. The van der Waals surface area contributed by atoms with Gasteiger partial charge in [-0.05, 0) is 31.7 Å². The molecule has 0 aliphatic carbocycles. The number of benzene rings is 1. The van der Waals surface area contributed by atoms with E-state index in [0.717, 1.165) is 6.42 Å². The van der Waals surface area contributed by atoms with Crippen LogP contribution in [0.25, 0.3) is 0 Å². The second kappa shape index (κ2) is 12.9. The van der Waals surface area contributed by atoms with Crippen LogP contribution >= 0.6 is 0 Å². The molecule has 1 heterocycles. The Bertz CT molecular complexity index is 624. The molecule has 0 bridgehead atoms. The van der Waals surface area contributed by atoms with Gasteiger partial charge in [0.25, 0.3) is 0 Å². The minimum Gasteiger partial charge on any atom is -0.342 e. The van der Waals surface area contributed by atoms with Crippen LogP contribution in [0.5, 0.6) is 0 Å². The second-order valence-electron chi connectivity index (χ2n) is 6.42. The Morgan fingerprint density at radius 2 is 1.59 bits per heavy atom. The molecule has 1 aromatic rings. The van der Waals surface area contributed by atoms with Crippen molar-refractivity contribution in [3.63, 3.8) is 0 Å². The fourth-order valence-electron chi connectivity index (χ4n) is 3.03. The number of rotatable bonds is 5. The molecule has 0 radical (unpaired) electrons. The van der Waals surface area contributed by atoms with Gasteiger partial charge in [0, 0.05) is 32.1 Å². The highest BCUT2D eigenvalue weighted by atomic mass is 32.2. The van der Waals surface area contributed by atoms with Crippen LogP contribution in [0.2, 0.25) is 0 Å². The molecule has 27 heavy (non-hydrogen) atoms. The van der Waals surface area contributed by atoms with Crippen LogP contribution in [0.1, 0.15) is 53.0 Å². The molecule has 0 N–H and O–H groups in total. The lowest BCUT2D eigenvalue weighted by Crippen LogP contribution is -2.45. The fourth-order valence-corrected chi connectivity index (χ4v) is 3.91. The third-order valence-electron chi connectivity index (χ3n) is 4.65. The molecule has 0 spiro atoms. The first-order valence-corrected chi connectivity index (χ1v) is 11.9. The highest BCUT2D eigenvalue weighted by Crippen LogP contribution is 2.22. The molecule has 1 aliphatic rings. The van der Waals surface area contributed by atoms with Gasteiger partial charge in [0.15, 0.2) is 0 Å². The maximum Gasteiger partial charge on any atom is 0.225 e. The van der Waals surface area contributed by atoms with E-state index in [2.05, 4.69) is 19.1 Å². The van der Waals surface area contributed by atoms with Crippen LogP contribution in [-0.2, 0) is 21.2 Å². The Kier molecular flexibility index (Phi) is 12.2. The molecule has 1 fully saturated rings. The maximum absolute atomic E-state index is 12.6. The maximum atomic E-state index is 12.6. The van der Waals surface area contributed by atoms with Crippen molar-refractivity contribution in [1.82, 2.24) is 9.21 Å². The highest BCUT2D eigenvalue weighted by Gasteiger charge is 2.31. The zero-order valence-corrected chi connectivity index (χ0v) is 18.9. The summed E-state index contributed by atoms with van der Waals surface area (Å²) < 4.78 is 24.5. The average molecular weight is 399 g/mol. The SMILES string of the molecule is CC.CC.CC(Cc1ccccc1)N(C)C(=O)C1CCN(S(C)(=O)=O)CC1. The van der Waals surface area contributed by atoms with Crippen molar-refractivity contribution in [3.05, 3.63) is 35.9 Å². The van der Waals surface area contributed by atoms with Gasteiger partial charge in [-0.2, -0.15) is 0 Å². The summed E-state index contributed by atoms with van der Waals surface area (Å²) in [4.78, 5) is 14.5. The van der Waals surface area contributed by atoms with E-state index in [1.54, 1.807) is 0 Å². The Morgan fingerprint density at radius 1 is 1.11 bits per heavy atom. The average Bonchev–Trinajstić information content (AvgIpc) is 2.70. The van der Waals surface area contributed by atoms with Crippen molar-refractivity contribution >= 4 is 15.9 Å². The lowest BCUT2D eigenvalue weighted by molar-refractivity contribution is -0.137. The van der Waals surface area contributed by atoms with Gasteiger partial charge >= 0.3 is 0 Å². The fraction of sp³-hybridized carbons (Fsp3) is 0.667. The van der Waals surface area contributed by atoms with Gasteiger partial charge in [0.05, 0.1) is 6.26 Å². The summed E-state index contributed by atoms with van der Waals surface area (Å²) >= 11 is 0. The number of nitrogens with zero attached hydrogens (tertiary/aromatic N) is 2. The summed E-state index contributed by atoms with van der Waals surface area (Å²) in [6.07, 6.45) is 3.26. The largest absolute Gasteiger partial charge is 0.342 e. The molecule has 156 valence electrons. The Hall–Kier alpha value is -1.40. The summed E-state index contributed by atoms with van der Waals surface area (Å²) in [5.74, 6) is 0.0535. The summed E-state index contributed by atoms with van der Waals surface area (Å²) in [5.41, 5.74) is 1.21. The molecule has 2 rings (SSSR count). The molecule has 1 aromatic carbocycles. The number of hydrogen-bond donors (Lipinski definition) is 0. The van der Waals surface area contributed by atoms with Gasteiger partial charge in [-0.1, -0.05) is 58.0 Å². The predicted octanol–water partition coefficient (Wildman–Crippen LogP) is 3.80. The van der Waals surface area contributed by atoms with Crippen molar-refractivity contribution in [2.24, 2.45) is 5.92 Å². The number of piperidine rings is 1. The molecule has 1 unspecified atom stereocenters. The molecule has 1 aliphatic heterocycles. The van der Waals surface area contributed by atoms with Crippen LogP contribution in [0.15, 0.2) is 30.3 Å². The van der Waals surface area contributed by atoms with E-state index in [1.165, 1.54) is 16.1 Å². The molecular weight excluding hydrogens is 360 g/mol. The van der Waals surface area contributed by atoms with Crippen molar-refractivity contribution < 1.29 is 13.2 Å². The van der Waals surface area contributed by atoms with Crippen LogP contribution in [0.3, 0.4) is 0 Å². The quantitative estimate of drug-likeness (QED) is 0.758. The minimum atomic E-state index is -3.14. The third kappa shape index (κ3) is 8.43. The van der Waals surface area contributed by atoms with Gasteiger partial charge in [-0.25, -0.2) is 12.7 Å². The molecular formula is C21H38N2O3S. The lowest BCUT2D eigenvalue weighted by Gasteiger charge is -2.34. The number of amides is 1. The van der Waals surface area contributed by atoms with E-state index in [1.807, 2.05) is 57.8 Å². The molecule has 0 aromatic heterocycles. The molecule has 5 nitrogen and oxygen atoms in total. The van der Waals surface area contributed by atoms with E-state index in [0.29, 0.717) is 25.9 Å². The van der Waals surface area contributed by atoms with Gasteiger partial charge in [0.2, 0.25) is 15.9 Å². The van der Waals surface area contributed by atoms with Gasteiger partial charge in [0.1, 0.15) is 0 Å². The normalized spacial score (nSPS) is 16.3. The van der Waals surface area contributed by atoms with Crippen molar-refractivity contribution in [2.75, 3.05) is 26.4 Å². The van der Waals surface area contributed by atoms with E-state index in [9.17, 15) is 13.2 Å². The van der Waals surface area contributed by atoms with Crippen molar-refractivity contribution in [3.8, 4) is 0 Å². The molecule has 1 saturated heterocycles. The van der Waals surface area contributed by atoms with Gasteiger partial charge < -0.3 is 4.90 Å². The van der Waals surface area contributed by atoms with Crippen molar-refractivity contribution in [2.45, 2.75) is 59.9 Å². The number of carbonyl (C=O) groups excluding carboxylic acids is 1. The van der Waals surface area contributed by atoms with Crippen LogP contribution in [-0.4, -0.2) is 56.0 Å². The Balaban J connectivity index is 0.00000158. The van der Waals surface area contributed by atoms with E-state index in [4.69, 9.17) is 0 Å². The smallest absolute Gasteiger partial charge is 0.225 e. The summed E-state index contributed by atoms with van der Waals surface area (Å²) in [7, 11) is -1.30. The lowest BCUT2D eigenvalue weighted by atomic mass is 9.95. The molecule has 1 amide bonds. The van der Waals surface area contributed by atoms with E-state index in [-0.39, 0.29) is 17.9 Å². The second-order valence-corrected chi connectivity index (χ2v) is 8.41. The van der Waals surface area contributed by atoms with E-state index < -0.39 is 10.0 Å². The monoisotopic (exact) mass is 398 g/mol. The zero-order chi connectivity index (χ0) is 21.0. The summed E-state index contributed by atoms with van der Waals surface area (Å²) in [6.45, 7) is 10.9. The zero-order valence-electron chi connectivity index (χ0n) is 18.1. The number of carbonyl (C=O) groups is 1. The number of sulfonamides is 1. The van der Waals surface area contributed by atoms with Crippen LogP contribution < -0.4 is 0 Å². The predicted molar refractivity (Wildman–Crippen MR) is 114 cm³/mol. The minimum absolute atomic E-state index is 0.0729. The third-order valence-corrected chi connectivity index (χ3v) is 5.96. The summed E-state index contributed by atoms with van der Waals surface area (Å²) in [5, 5.41) is 0. The number of hydrogen-bond acceptors (Lipinski definition) is 3. The Morgan fingerprint density at radius 3 is 2.04 bits per heavy atom. The standard InChI is InChI=1S/C17H26N2O3S.2C2H6/c1-14(13-15-7-5-4-6-8-15)18(2)17(20)16-9-11-19(12-10-16)23(3,21)22;2*1-2/h4-8,14,16H,9-13H2,1-3H3;2*1-2H3. The van der Waals surface area contributed by atoms with E-state index >= 15 is 0 Å². The first kappa shape index (κ1) is 25.6. The number of likely N-dealkylation sites (N-methyl/N-ethyl adjacent to an activating group) is 1.